The Morgan fingerprint density at radius 3 is 2.76 bits per heavy atom. The summed E-state index contributed by atoms with van der Waals surface area (Å²) in [6.45, 7) is -0.198. The van der Waals surface area contributed by atoms with Gasteiger partial charge < -0.3 is 16.2 Å². The molecule has 0 bridgehead atoms. The maximum Gasteiger partial charge on any atom is 0.273 e. The highest BCUT2D eigenvalue weighted by Gasteiger charge is 2.14. The van der Waals surface area contributed by atoms with Gasteiger partial charge in [-0.2, -0.15) is 0 Å². The van der Waals surface area contributed by atoms with Crippen molar-refractivity contribution in [2.24, 2.45) is 11.5 Å². The van der Waals surface area contributed by atoms with Crippen LogP contribution >= 0.6 is 11.6 Å². The van der Waals surface area contributed by atoms with Gasteiger partial charge in [-0.1, -0.05) is 11.6 Å². The lowest BCUT2D eigenvalue weighted by Crippen LogP contribution is -2.41. The second kappa shape index (κ2) is 5.46. The molecule has 7 nitrogen and oxygen atoms in total. The van der Waals surface area contributed by atoms with Crippen LogP contribution in [0.3, 0.4) is 0 Å². The maximum absolute atomic E-state index is 10.7. The number of benzene rings is 1. The summed E-state index contributed by atoms with van der Waals surface area (Å²) in [7, 11) is 0. The molecule has 1 unspecified atom stereocenters. The fourth-order valence-corrected chi connectivity index (χ4v) is 1.15. The smallest absolute Gasteiger partial charge is 0.273 e. The topological polar surface area (TPSA) is 121 Å². The van der Waals surface area contributed by atoms with E-state index >= 15 is 0 Å². The van der Waals surface area contributed by atoms with Crippen molar-refractivity contribution in [2.45, 2.75) is 6.04 Å². The van der Waals surface area contributed by atoms with Crippen LogP contribution in [0.5, 0.6) is 5.75 Å². The molecule has 0 aliphatic rings. The molecule has 1 amide bonds. The summed E-state index contributed by atoms with van der Waals surface area (Å²) in [6.07, 6.45) is 0. The third-order valence-electron chi connectivity index (χ3n) is 1.91. The minimum atomic E-state index is -0.995. The number of carbonyl (C=O) groups excluding carboxylic acids is 1. The zero-order valence-electron chi connectivity index (χ0n) is 8.63. The van der Waals surface area contributed by atoms with Gasteiger partial charge in [0.05, 0.1) is 16.0 Å². The van der Waals surface area contributed by atoms with E-state index in [1.807, 2.05) is 0 Å². The summed E-state index contributed by atoms with van der Waals surface area (Å²) in [6, 6.07) is 2.72. The van der Waals surface area contributed by atoms with Gasteiger partial charge >= 0.3 is 0 Å². The molecule has 0 radical (unpaired) electrons. The zero-order valence-corrected chi connectivity index (χ0v) is 9.39. The number of hydrogen-bond acceptors (Lipinski definition) is 5. The van der Waals surface area contributed by atoms with Crippen LogP contribution in [-0.4, -0.2) is 23.5 Å². The number of halogens is 1. The van der Waals surface area contributed by atoms with E-state index in [9.17, 15) is 14.9 Å². The minimum Gasteiger partial charge on any atom is -0.490 e. The molecular formula is C9H10ClN3O4. The number of primary amides is 1. The Morgan fingerprint density at radius 2 is 2.24 bits per heavy atom. The Kier molecular flexibility index (Phi) is 4.24. The first-order valence-corrected chi connectivity index (χ1v) is 4.91. The van der Waals surface area contributed by atoms with Crippen molar-refractivity contribution in [1.82, 2.24) is 0 Å². The van der Waals surface area contributed by atoms with Crippen LogP contribution < -0.4 is 16.2 Å². The van der Waals surface area contributed by atoms with Gasteiger partial charge in [-0.3, -0.25) is 14.9 Å². The van der Waals surface area contributed by atoms with Crippen LogP contribution in [-0.2, 0) is 4.79 Å². The predicted molar refractivity (Wildman–Crippen MR) is 60.8 cm³/mol. The third kappa shape index (κ3) is 3.58. The monoisotopic (exact) mass is 259 g/mol. The molecule has 1 aromatic carbocycles. The molecule has 0 heterocycles. The minimum absolute atomic E-state index is 0.0811. The van der Waals surface area contributed by atoms with Gasteiger partial charge in [-0.25, -0.2) is 0 Å². The molecule has 0 saturated heterocycles. The van der Waals surface area contributed by atoms with Crippen molar-refractivity contribution in [2.75, 3.05) is 6.61 Å². The Hall–Kier alpha value is -1.86. The number of amides is 1. The number of rotatable bonds is 5. The predicted octanol–water partition coefficient (Wildman–Crippen LogP) is 0.440. The number of nitrogens with two attached hydrogens (primary N) is 2. The summed E-state index contributed by atoms with van der Waals surface area (Å²) in [5, 5.41) is 10.7. The van der Waals surface area contributed by atoms with Crippen LogP contribution in [0.2, 0.25) is 5.02 Å². The highest BCUT2D eigenvalue weighted by atomic mass is 35.5. The van der Waals surface area contributed by atoms with Gasteiger partial charge in [0.25, 0.3) is 5.69 Å². The van der Waals surface area contributed by atoms with Crippen LogP contribution in [0.15, 0.2) is 18.2 Å². The zero-order chi connectivity index (χ0) is 13.0. The number of hydrogen-bond donors (Lipinski definition) is 2. The normalized spacial score (nSPS) is 11.9. The van der Waals surface area contributed by atoms with Crippen molar-refractivity contribution in [3.8, 4) is 5.75 Å². The molecule has 0 spiro atoms. The molecule has 92 valence electrons. The van der Waals surface area contributed by atoms with E-state index in [0.717, 1.165) is 6.07 Å². The summed E-state index contributed by atoms with van der Waals surface area (Å²) >= 11 is 5.76. The first-order chi connectivity index (χ1) is 7.91. The second-order valence-electron chi connectivity index (χ2n) is 3.19. The molecule has 1 rings (SSSR count). The van der Waals surface area contributed by atoms with Gasteiger partial charge in [0.1, 0.15) is 18.4 Å². The van der Waals surface area contributed by atoms with Gasteiger partial charge in [0.15, 0.2) is 0 Å². The Balaban J connectivity index is 2.79. The van der Waals surface area contributed by atoms with Crippen molar-refractivity contribution in [1.29, 1.82) is 0 Å². The van der Waals surface area contributed by atoms with E-state index in [0.29, 0.717) is 0 Å². The lowest BCUT2D eigenvalue weighted by molar-refractivity contribution is -0.384. The van der Waals surface area contributed by atoms with E-state index in [-0.39, 0.29) is 23.1 Å². The second-order valence-corrected chi connectivity index (χ2v) is 3.60. The SMILES string of the molecule is NC(=O)C(N)COc1cc([N+](=O)[O-])ccc1Cl. The van der Waals surface area contributed by atoms with Crippen LogP contribution in [0.4, 0.5) is 5.69 Å². The molecule has 0 saturated carbocycles. The Labute approximate surface area is 101 Å². The van der Waals surface area contributed by atoms with E-state index in [2.05, 4.69) is 0 Å². The largest absolute Gasteiger partial charge is 0.490 e. The lowest BCUT2D eigenvalue weighted by atomic mass is 10.3. The molecule has 0 fully saturated rings. The molecular weight excluding hydrogens is 250 g/mol. The molecule has 0 aliphatic heterocycles. The Morgan fingerprint density at radius 1 is 1.59 bits per heavy atom. The van der Waals surface area contributed by atoms with E-state index in [1.165, 1.54) is 12.1 Å². The maximum atomic E-state index is 10.7. The van der Waals surface area contributed by atoms with Crippen molar-refractivity contribution < 1.29 is 14.5 Å². The number of carbonyl (C=O) groups is 1. The number of nitrogens with zero attached hydrogens (tertiary/aromatic N) is 1. The fraction of sp³-hybridized carbons (Fsp3) is 0.222. The van der Waals surface area contributed by atoms with Crippen molar-refractivity contribution >= 4 is 23.2 Å². The molecule has 0 aromatic heterocycles. The number of non-ortho nitro benzene ring substituents is 1. The van der Waals surface area contributed by atoms with Gasteiger partial charge in [0, 0.05) is 6.07 Å². The van der Waals surface area contributed by atoms with Crippen molar-refractivity contribution in [3.05, 3.63) is 33.3 Å². The molecule has 4 N–H and O–H groups in total. The van der Waals surface area contributed by atoms with E-state index in [1.54, 1.807) is 0 Å². The summed E-state index contributed by atoms with van der Waals surface area (Å²) in [4.78, 5) is 20.6. The van der Waals surface area contributed by atoms with Crippen molar-refractivity contribution in [3.63, 3.8) is 0 Å². The molecule has 1 atom stereocenters. The number of nitro groups is 1. The van der Waals surface area contributed by atoms with E-state index in [4.69, 9.17) is 27.8 Å². The van der Waals surface area contributed by atoms with Crippen LogP contribution in [0, 0.1) is 10.1 Å². The summed E-state index contributed by atoms with van der Waals surface area (Å²) in [5.41, 5.74) is 10.1. The Bertz CT molecular complexity index is 452. The van der Waals surface area contributed by atoms with E-state index < -0.39 is 16.9 Å². The molecule has 1 aromatic rings. The van der Waals surface area contributed by atoms with Crippen LogP contribution in [0.25, 0.3) is 0 Å². The van der Waals surface area contributed by atoms with Crippen LogP contribution in [0.1, 0.15) is 0 Å². The first kappa shape index (κ1) is 13.2. The lowest BCUT2D eigenvalue weighted by Gasteiger charge is -2.10. The van der Waals surface area contributed by atoms with Gasteiger partial charge in [-0.05, 0) is 6.07 Å². The summed E-state index contributed by atoms with van der Waals surface area (Å²) < 4.78 is 5.09. The molecule has 17 heavy (non-hydrogen) atoms. The van der Waals surface area contributed by atoms with Gasteiger partial charge in [0.2, 0.25) is 5.91 Å². The third-order valence-corrected chi connectivity index (χ3v) is 2.22. The first-order valence-electron chi connectivity index (χ1n) is 4.53. The average molecular weight is 260 g/mol. The fourth-order valence-electron chi connectivity index (χ4n) is 0.978. The number of ether oxygens (including phenoxy) is 1. The summed E-state index contributed by atoms with van der Waals surface area (Å²) in [5.74, 6) is -0.649. The number of nitro benzene ring substituents is 1. The average Bonchev–Trinajstić information content (AvgIpc) is 2.26. The molecule has 0 aliphatic carbocycles. The standard InChI is InChI=1S/C9H10ClN3O4/c10-6-2-1-5(13(15)16)3-8(6)17-4-7(11)9(12)14/h1-3,7H,4,11H2,(H2,12,14). The van der Waals surface area contributed by atoms with Gasteiger partial charge in [-0.15, -0.1) is 0 Å². The molecule has 8 heteroatoms. The highest BCUT2D eigenvalue weighted by Crippen LogP contribution is 2.28. The highest BCUT2D eigenvalue weighted by molar-refractivity contribution is 6.32. The quantitative estimate of drug-likeness (QED) is 0.587.